The number of aromatic nitrogens is 1. The Morgan fingerprint density at radius 2 is 2.14 bits per heavy atom. The molecule has 0 aromatic carbocycles. The number of thiophene rings is 2. The highest BCUT2D eigenvalue weighted by Gasteiger charge is 2.24. The Morgan fingerprint density at radius 1 is 1.32 bits per heavy atom. The van der Waals surface area contributed by atoms with E-state index in [1.165, 1.54) is 27.6 Å². The minimum Gasteiger partial charge on any atom is -0.397 e. The van der Waals surface area contributed by atoms with Gasteiger partial charge in [-0.15, -0.1) is 22.7 Å². The first-order valence-electron chi connectivity index (χ1n) is 9.66. The molecule has 0 saturated carbocycles. The number of rotatable bonds is 5. The van der Waals surface area contributed by atoms with Gasteiger partial charge in [-0.2, -0.15) is 5.26 Å². The number of unbranched alkanes of at least 4 members (excludes halogenated alkanes) is 1. The van der Waals surface area contributed by atoms with Crippen molar-refractivity contribution in [3.8, 4) is 6.07 Å². The van der Waals surface area contributed by atoms with Gasteiger partial charge in [-0.25, -0.2) is 4.98 Å². The number of hydrogen-bond donors (Lipinski definition) is 2. The van der Waals surface area contributed by atoms with Crippen molar-refractivity contribution in [2.45, 2.75) is 51.9 Å². The summed E-state index contributed by atoms with van der Waals surface area (Å²) in [6.45, 7) is 2.15. The van der Waals surface area contributed by atoms with Crippen molar-refractivity contribution in [1.29, 1.82) is 5.26 Å². The second kappa shape index (κ2) is 7.90. The number of carbonyl (C=O) groups is 1. The lowest BCUT2D eigenvalue weighted by molar-refractivity contribution is 0.103. The predicted octanol–water partition coefficient (Wildman–Crippen LogP) is 5.29. The van der Waals surface area contributed by atoms with Gasteiger partial charge >= 0.3 is 0 Å². The van der Waals surface area contributed by atoms with E-state index in [1.807, 2.05) is 12.1 Å². The van der Waals surface area contributed by atoms with Crippen molar-refractivity contribution in [1.82, 2.24) is 4.98 Å². The molecule has 7 heteroatoms. The van der Waals surface area contributed by atoms with Crippen molar-refractivity contribution in [2.75, 3.05) is 11.1 Å². The average molecular weight is 411 g/mol. The third-order valence-electron chi connectivity index (χ3n) is 5.15. The zero-order valence-electron chi connectivity index (χ0n) is 15.8. The lowest BCUT2D eigenvalue weighted by atomic mass is 9.96. The molecule has 0 bridgehead atoms. The van der Waals surface area contributed by atoms with Gasteiger partial charge in [0.25, 0.3) is 5.91 Å². The highest BCUT2D eigenvalue weighted by Crippen LogP contribution is 2.39. The fraction of sp³-hybridized carbons (Fsp3) is 0.381. The maximum absolute atomic E-state index is 12.9. The number of aryl methyl sites for hydroxylation is 2. The summed E-state index contributed by atoms with van der Waals surface area (Å²) in [6.07, 6.45) is 7.28. The Balaban J connectivity index is 1.63. The highest BCUT2D eigenvalue weighted by atomic mass is 32.1. The van der Waals surface area contributed by atoms with Crippen LogP contribution in [0.4, 0.5) is 10.7 Å². The third-order valence-corrected chi connectivity index (χ3v) is 7.48. The summed E-state index contributed by atoms with van der Waals surface area (Å²) in [6, 6.07) is 6.23. The minimum atomic E-state index is -0.259. The van der Waals surface area contributed by atoms with Crippen LogP contribution in [0.15, 0.2) is 12.1 Å². The van der Waals surface area contributed by atoms with Crippen LogP contribution in [-0.4, -0.2) is 10.9 Å². The van der Waals surface area contributed by atoms with Gasteiger partial charge in [-0.05, 0) is 56.2 Å². The fourth-order valence-corrected chi connectivity index (χ4v) is 5.88. The summed E-state index contributed by atoms with van der Waals surface area (Å²) < 4.78 is 0. The van der Waals surface area contributed by atoms with Crippen molar-refractivity contribution >= 4 is 49.5 Å². The number of nitrogen functional groups attached to an aromatic ring is 1. The molecule has 1 aliphatic rings. The minimum absolute atomic E-state index is 0.259. The molecule has 3 aromatic rings. The molecule has 0 spiro atoms. The van der Waals surface area contributed by atoms with Crippen LogP contribution >= 0.6 is 22.7 Å². The molecule has 3 aromatic heterocycles. The van der Waals surface area contributed by atoms with E-state index in [1.54, 1.807) is 0 Å². The van der Waals surface area contributed by atoms with E-state index in [0.29, 0.717) is 21.1 Å². The van der Waals surface area contributed by atoms with E-state index in [2.05, 4.69) is 23.3 Å². The standard InChI is InChI=1S/C21H22N4OS2/c1-2-3-6-12-9-10-14-17(23)18(28-20(14)24-12)19(26)25-21-15(11-22)13-7-4-5-8-16(13)27-21/h9-10H,2-8,23H2,1H3,(H,25,26). The topological polar surface area (TPSA) is 91.8 Å². The summed E-state index contributed by atoms with van der Waals surface area (Å²) in [5.74, 6) is -0.259. The van der Waals surface area contributed by atoms with Gasteiger partial charge in [0.2, 0.25) is 0 Å². The number of nitriles is 1. The zero-order chi connectivity index (χ0) is 19.7. The zero-order valence-corrected chi connectivity index (χ0v) is 17.4. The van der Waals surface area contributed by atoms with Crippen LogP contribution in [0.1, 0.15) is 64.0 Å². The molecule has 0 radical (unpaired) electrons. The number of anilines is 2. The Kier molecular flexibility index (Phi) is 5.33. The third kappa shape index (κ3) is 3.38. The highest BCUT2D eigenvalue weighted by molar-refractivity contribution is 7.21. The molecule has 1 aliphatic carbocycles. The summed E-state index contributed by atoms with van der Waals surface area (Å²) >= 11 is 2.85. The maximum Gasteiger partial charge on any atom is 0.268 e. The lowest BCUT2D eigenvalue weighted by Crippen LogP contribution is -2.12. The number of fused-ring (bicyclic) bond motifs is 2. The molecule has 4 rings (SSSR count). The Hall–Kier alpha value is -2.43. The van der Waals surface area contributed by atoms with E-state index >= 15 is 0 Å². The van der Waals surface area contributed by atoms with E-state index < -0.39 is 0 Å². The molecule has 28 heavy (non-hydrogen) atoms. The molecule has 1 amide bonds. The van der Waals surface area contributed by atoms with Crippen molar-refractivity contribution in [3.05, 3.63) is 38.7 Å². The van der Waals surface area contributed by atoms with Crippen molar-refractivity contribution in [2.24, 2.45) is 0 Å². The SMILES string of the molecule is CCCCc1ccc2c(N)c(C(=O)Nc3sc4c(c3C#N)CCCC4)sc2n1. The molecule has 0 unspecified atom stereocenters. The van der Waals surface area contributed by atoms with Gasteiger partial charge in [-0.3, -0.25) is 4.79 Å². The summed E-state index contributed by atoms with van der Waals surface area (Å²) in [5, 5.41) is 14.0. The first kappa shape index (κ1) is 18.9. The number of pyridine rings is 1. The summed E-state index contributed by atoms with van der Waals surface area (Å²) in [4.78, 5) is 20.1. The molecule has 3 N–H and O–H groups in total. The largest absolute Gasteiger partial charge is 0.397 e. The van der Waals surface area contributed by atoms with Gasteiger partial charge in [0, 0.05) is 16.0 Å². The van der Waals surface area contributed by atoms with E-state index in [4.69, 9.17) is 5.73 Å². The Bertz CT molecular complexity index is 1090. The molecular weight excluding hydrogens is 388 g/mol. The van der Waals surface area contributed by atoms with Crippen LogP contribution in [0.3, 0.4) is 0 Å². The smallest absolute Gasteiger partial charge is 0.268 e. The lowest BCUT2D eigenvalue weighted by Gasteiger charge is -2.09. The molecular formula is C21H22N4OS2. The molecule has 0 saturated heterocycles. The quantitative estimate of drug-likeness (QED) is 0.598. The summed E-state index contributed by atoms with van der Waals surface area (Å²) in [7, 11) is 0. The maximum atomic E-state index is 12.9. The number of carbonyl (C=O) groups excluding carboxylic acids is 1. The number of nitrogens with zero attached hydrogens (tertiary/aromatic N) is 2. The average Bonchev–Trinajstić information content (AvgIpc) is 3.23. The van der Waals surface area contributed by atoms with Crippen molar-refractivity contribution < 1.29 is 4.79 Å². The Labute approximate surface area is 172 Å². The Morgan fingerprint density at radius 3 is 2.93 bits per heavy atom. The first-order chi connectivity index (χ1) is 13.6. The normalized spacial score (nSPS) is 13.3. The number of nitrogens with two attached hydrogens (primary N) is 1. The van der Waals surface area contributed by atoms with Gasteiger partial charge in [0.05, 0.1) is 11.3 Å². The van der Waals surface area contributed by atoms with E-state index in [0.717, 1.165) is 66.4 Å². The van der Waals surface area contributed by atoms with Gasteiger partial charge in [0.15, 0.2) is 0 Å². The monoisotopic (exact) mass is 410 g/mol. The van der Waals surface area contributed by atoms with Gasteiger partial charge in [-0.1, -0.05) is 13.3 Å². The summed E-state index contributed by atoms with van der Waals surface area (Å²) in [5.41, 5.74) is 9.48. The molecule has 0 atom stereocenters. The van der Waals surface area contributed by atoms with E-state index in [9.17, 15) is 10.1 Å². The number of amides is 1. The number of hydrogen-bond acceptors (Lipinski definition) is 6. The first-order valence-corrected chi connectivity index (χ1v) is 11.3. The predicted molar refractivity (Wildman–Crippen MR) is 116 cm³/mol. The molecule has 0 fully saturated rings. The molecule has 0 aliphatic heterocycles. The van der Waals surface area contributed by atoms with Crippen LogP contribution in [0.2, 0.25) is 0 Å². The molecule has 5 nitrogen and oxygen atoms in total. The second-order valence-corrected chi connectivity index (χ2v) is 9.19. The van der Waals surface area contributed by atoms with Crippen LogP contribution in [0.5, 0.6) is 0 Å². The van der Waals surface area contributed by atoms with Crippen LogP contribution < -0.4 is 11.1 Å². The molecule has 144 valence electrons. The van der Waals surface area contributed by atoms with Crippen LogP contribution in [-0.2, 0) is 19.3 Å². The van der Waals surface area contributed by atoms with Gasteiger partial charge < -0.3 is 11.1 Å². The van der Waals surface area contributed by atoms with Gasteiger partial charge in [0.1, 0.15) is 20.8 Å². The van der Waals surface area contributed by atoms with Crippen LogP contribution in [0.25, 0.3) is 10.2 Å². The second-order valence-electron chi connectivity index (χ2n) is 7.08. The van der Waals surface area contributed by atoms with Crippen LogP contribution in [0, 0.1) is 11.3 Å². The fourth-order valence-electron chi connectivity index (χ4n) is 3.63. The van der Waals surface area contributed by atoms with Crippen molar-refractivity contribution in [3.63, 3.8) is 0 Å². The molecule has 3 heterocycles. The number of nitrogens with one attached hydrogen (secondary N) is 1. The van der Waals surface area contributed by atoms with E-state index in [-0.39, 0.29) is 5.91 Å².